The predicted octanol–water partition coefficient (Wildman–Crippen LogP) is 4.03. The lowest BCUT2D eigenvalue weighted by Gasteiger charge is -2.11. The van der Waals surface area contributed by atoms with Gasteiger partial charge in [0.2, 0.25) is 0 Å². The van der Waals surface area contributed by atoms with Crippen molar-refractivity contribution >= 4 is 31.9 Å². The van der Waals surface area contributed by atoms with Crippen LogP contribution in [0.1, 0.15) is 17.4 Å². The molecule has 5 heteroatoms. The normalized spacial score (nSPS) is 12.8. The van der Waals surface area contributed by atoms with E-state index in [0.717, 1.165) is 0 Å². The van der Waals surface area contributed by atoms with Crippen LogP contribution in [0.25, 0.3) is 0 Å². The average Bonchev–Trinajstić information content (AvgIpc) is 2.67. The number of aliphatic hydroxyl groups is 1. The summed E-state index contributed by atoms with van der Waals surface area (Å²) in [5.74, 6) is -0.0498. The van der Waals surface area contributed by atoms with Crippen LogP contribution in [0.15, 0.2) is 43.9 Å². The Kier molecular flexibility index (Phi) is 3.47. The van der Waals surface area contributed by atoms with Crippen molar-refractivity contribution in [1.29, 1.82) is 0 Å². The molecule has 0 bridgehead atoms. The maximum absolute atomic E-state index is 13.1. The van der Waals surface area contributed by atoms with E-state index < -0.39 is 11.9 Å². The van der Waals surface area contributed by atoms with Crippen LogP contribution in [-0.4, -0.2) is 5.11 Å². The Bertz CT molecular complexity index is 510. The van der Waals surface area contributed by atoms with E-state index in [9.17, 15) is 9.50 Å². The number of hydrogen-bond acceptors (Lipinski definition) is 2. The molecule has 0 spiro atoms. The third-order valence-electron chi connectivity index (χ3n) is 2.15. The molecule has 1 aromatic carbocycles. The number of benzene rings is 1. The molecule has 0 aliphatic heterocycles. The van der Waals surface area contributed by atoms with E-state index in [-0.39, 0.29) is 0 Å². The number of rotatable bonds is 2. The van der Waals surface area contributed by atoms with E-state index in [1.807, 2.05) is 0 Å². The molecule has 0 saturated heterocycles. The van der Waals surface area contributed by atoms with Crippen molar-refractivity contribution in [2.45, 2.75) is 6.10 Å². The van der Waals surface area contributed by atoms with E-state index in [1.165, 1.54) is 18.4 Å². The highest BCUT2D eigenvalue weighted by atomic mass is 79.9. The van der Waals surface area contributed by atoms with Crippen LogP contribution in [0.3, 0.4) is 0 Å². The van der Waals surface area contributed by atoms with Crippen LogP contribution in [0, 0.1) is 5.82 Å². The van der Waals surface area contributed by atoms with Gasteiger partial charge in [0.05, 0.1) is 10.7 Å². The largest absolute Gasteiger partial charge is 0.465 e. The Balaban J connectivity index is 2.45. The summed E-state index contributed by atoms with van der Waals surface area (Å²) in [5.41, 5.74) is 0.427. The molecule has 1 N–H and O–H groups in total. The van der Waals surface area contributed by atoms with Crippen LogP contribution in [0.5, 0.6) is 0 Å². The molecular formula is C11H7Br2FO2. The van der Waals surface area contributed by atoms with E-state index in [1.54, 1.807) is 12.1 Å². The summed E-state index contributed by atoms with van der Waals surface area (Å²) in [6.07, 6.45) is 0.449. The number of aliphatic hydroxyl groups excluding tert-OH is 1. The molecule has 1 aromatic heterocycles. The average molecular weight is 350 g/mol. The maximum atomic E-state index is 13.1. The minimum atomic E-state index is -1.01. The molecule has 1 atom stereocenters. The fraction of sp³-hybridized carbons (Fsp3) is 0.0909. The summed E-state index contributed by atoms with van der Waals surface area (Å²) >= 11 is 6.50. The Morgan fingerprint density at radius 3 is 2.56 bits per heavy atom. The van der Waals surface area contributed by atoms with E-state index in [2.05, 4.69) is 31.9 Å². The zero-order chi connectivity index (χ0) is 11.7. The number of halogens is 3. The first kappa shape index (κ1) is 11.8. The van der Waals surface area contributed by atoms with Gasteiger partial charge < -0.3 is 9.52 Å². The monoisotopic (exact) mass is 348 g/mol. The topological polar surface area (TPSA) is 33.4 Å². The van der Waals surface area contributed by atoms with Crippen molar-refractivity contribution in [2.24, 2.45) is 0 Å². The molecule has 2 nitrogen and oxygen atoms in total. The van der Waals surface area contributed by atoms with E-state index in [4.69, 9.17) is 4.42 Å². The van der Waals surface area contributed by atoms with Gasteiger partial charge in [0.1, 0.15) is 11.9 Å². The van der Waals surface area contributed by atoms with Gasteiger partial charge in [-0.1, -0.05) is 15.9 Å². The van der Waals surface area contributed by atoms with E-state index in [0.29, 0.717) is 20.3 Å². The predicted molar refractivity (Wildman–Crippen MR) is 64.6 cm³/mol. The molecule has 0 amide bonds. The first-order chi connectivity index (χ1) is 7.59. The van der Waals surface area contributed by atoms with Gasteiger partial charge in [0, 0.05) is 10.0 Å². The number of hydrogen-bond donors (Lipinski definition) is 1. The zero-order valence-corrected chi connectivity index (χ0v) is 11.1. The second kappa shape index (κ2) is 4.69. The van der Waals surface area contributed by atoms with Crippen molar-refractivity contribution in [3.05, 3.63) is 56.6 Å². The molecule has 2 rings (SSSR count). The summed E-state index contributed by atoms with van der Waals surface area (Å²) < 4.78 is 19.5. The minimum Gasteiger partial charge on any atom is -0.465 e. The van der Waals surface area contributed by atoms with Crippen LogP contribution in [-0.2, 0) is 0 Å². The zero-order valence-electron chi connectivity index (χ0n) is 7.95. The van der Waals surface area contributed by atoms with Gasteiger partial charge in [0.25, 0.3) is 0 Å². The first-order valence-corrected chi connectivity index (χ1v) is 6.04. The first-order valence-electron chi connectivity index (χ1n) is 4.45. The van der Waals surface area contributed by atoms with Gasteiger partial charge in [-0.15, -0.1) is 0 Å². The fourth-order valence-electron chi connectivity index (χ4n) is 1.37. The van der Waals surface area contributed by atoms with Gasteiger partial charge in [-0.3, -0.25) is 0 Å². The van der Waals surface area contributed by atoms with Gasteiger partial charge in [-0.2, -0.15) is 0 Å². The Morgan fingerprint density at radius 2 is 1.94 bits per heavy atom. The Hall–Kier alpha value is -0.650. The molecule has 84 valence electrons. The third kappa shape index (κ3) is 2.21. The molecular weight excluding hydrogens is 343 g/mol. The summed E-state index contributed by atoms with van der Waals surface area (Å²) in [5, 5.41) is 10.0. The third-order valence-corrected chi connectivity index (χ3v) is 3.52. The van der Waals surface area contributed by atoms with Gasteiger partial charge >= 0.3 is 0 Å². The lowest BCUT2D eigenvalue weighted by atomic mass is 10.1. The summed E-state index contributed by atoms with van der Waals surface area (Å²) in [6, 6.07) is 5.80. The molecule has 0 radical (unpaired) electrons. The molecule has 1 unspecified atom stereocenters. The summed E-state index contributed by atoms with van der Waals surface area (Å²) in [6.45, 7) is 0. The molecule has 0 aliphatic carbocycles. The molecule has 0 fully saturated rings. The lowest BCUT2D eigenvalue weighted by molar-refractivity contribution is 0.187. The molecule has 2 aromatic rings. The SMILES string of the molecule is OC(c1cc(F)ccc1Br)c1occc1Br. The highest BCUT2D eigenvalue weighted by molar-refractivity contribution is 9.10. The molecule has 0 saturated carbocycles. The quantitative estimate of drug-likeness (QED) is 0.888. The van der Waals surface area contributed by atoms with E-state index >= 15 is 0 Å². The Labute approximate surface area is 108 Å². The van der Waals surface area contributed by atoms with Crippen LogP contribution in [0.4, 0.5) is 4.39 Å². The fourth-order valence-corrected chi connectivity index (χ4v) is 2.25. The van der Waals surface area contributed by atoms with Gasteiger partial charge in [-0.05, 0) is 40.2 Å². The van der Waals surface area contributed by atoms with Crippen molar-refractivity contribution in [3.8, 4) is 0 Å². The standard InChI is InChI=1S/C11H7Br2FO2/c12-8-2-1-6(14)5-7(8)10(15)11-9(13)3-4-16-11/h1-5,10,15H. The van der Waals surface area contributed by atoms with Gasteiger partial charge in [-0.25, -0.2) is 4.39 Å². The van der Waals surface area contributed by atoms with Crippen molar-refractivity contribution in [2.75, 3.05) is 0 Å². The highest BCUT2D eigenvalue weighted by Crippen LogP contribution is 2.33. The van der Waals surface area contributed by atoms with Crippen LogP contribution < -0.4 is 0 Å². The second-order valence-electron chi connectivity index (χ2n) is 3.20. The second-order valence-corrected chi connectivity index (χ2v) is 4.91. The van der Waals surface area contributed by atoms with Crippen molar-refractivity contribution < 1.29 is 13.9 Å². The Morgan fingerprint density at radius 1 is 1.19 bits per heavy atom. The lowest BCUT2D eigenvalue weighted by Crippen LogP contribution is -2.00. The van der Waals surface area contributed by atoms with Crippen LogP contribution >= 0.6 is 31.9 Å². The number of furan rings is 1. The highest BCUT2D eigenvalue weighted by Gasteiger charge is 2.19. The van der Waals surface area contributed by atoms with Crippen LogP contribution in [0.2, 0.25) is 0 Å². The molecule has 16 heavy (non-hydrogen) atoms. The molecule has 0 aliphatic rings. The van der Waals surface area contributed by atoms with Crippen molar-refractivity contribution in [1.82, 2.24) is 0 Å². The maximum Gasteiger partial charge on any atom is 0.150 e. The smallest absolute Gasteiger partial charge is 0.150 e. The minimum absolute atomic E-state index is 0.353. The summed E-state index contributed by atoms with van der Waals surface area (Å²) in [4.78, 5) is 0. The van der Waals surface area contributed by atoms with Crippen molar-refractivity contribution in [3.63, 3.8) is 0 Å². The van der Waals surface area contributed by atoms with Gasteiger partial charge in [0.15, 0.2) is 5.76 Å². The summed E-state index contributed by atoms with van der Waals surface area (Å²) in [7, 11) is 0. The molecule has 1 heterocycles.